The van der Waals surface area contributed by atoms with E-state index in [9.17, 15) is 39.6 Å². The van der Waals surface area contributed by atoms with E-state index in [1.807, 2.05) is 6.26 Å². The van der Waals surface area contributed by atoms with E-state index >= 15 is 0 Å². The third kappa shape index (κ3) is 11.1. The molecule has 1 aliphatic heterocycles. The molecule has 0 aromatic rings. The lowest BCUT2D eigenvalue weighted by molar-refractivity contribution is -0.295. The molecule has 1 heterocycles. The van der Waals surface area contributed by atoms with Gasteiger partial charge in [0, 0.05) is 25.6 Å². The summed E-state index contributed by atoms with van der Waals surface area (Å²) in [6, 6.07) is -1.38. The maximum absolute atomic E-state index is 11.4. The highest BCUT2D eigenvalue weighted by Gasteiger charge is 2.54. The highest BCUT2D eigenvalue weighted by Crippen LogP contribution is 2.30. The molecular formula is C18H32N2O12S. The first kappa shape index (κ1) is 31.0. The Kier molecular flexibility index (Phi) is 14.1. The van der Waals surface area contributed by atoms with Gasteiger partial charge in [-0.15, -0.1) is 0 Å². The van der Waals surface area contributed by atoms with Gasteiger partial charge in [-0.3, -0.25) is 14.4 Å². The van der Waals surface area contributed by atoms with Gasteiger partial charge in [0.15, 0.2) is 0 Å². The number of aliphatic carboxylic acids is 2. The number of carboxylic acids is 2. The highest BCUT2D eigenvalue weighted by atomic mass is 32.2. The van der Waals surface area contributed by atoms with Crippen molar-refractivity contribution in [3.8, 4) is 0 Å². The van der Waals surface area contributed by atoms with E-state index in [4.69, 9.17) is 20.7 Å². The number of nitrogens with two attached hydrogens (primary N) is 1. The van der Waals surface area contributed by atoms with Gasteiger partial charge in [-0.2, -0.15) is 11.8 Å². The van der Waals surface area contributed by atoms with E-state index in [0.29, 0.717) is 0 Å². The third-order valence-electron chi connectivity index (χ3n) is 4.30. The average molecular weight is 501 g/mol. The number of thioether (sulfide) groups is 1. The van der Waals surface area contributed by atoms with Crippen LogP contribution in [0, 0.1) is 0 Å². The van der Waals surface area contributed by atoms with Crippen molar-refractivity contribution in [3.05, 3.63) is 0 Å². The molecule has 2 unspecified atom stereocenters. The second-order valence-electron chi connectivity index (χ2n) is 7.09. The smallest absolute Gasteiger partial charge is 0.364 e. The van der Waals surface area contributed by atoms with Crippen molar-refractivity contribution in [2.75, 3.05) is 25.2 Å². The molecule has 0 spiro atoms. The lowest BCUT2D eigenvalue weighted by Crippen LogP contribution is -2.67. The molecule has 1 saturated heterocycles. The second kappa shape index (κ2) is 15.0. The summed E-state index contributed by atoms with van der Waals surface area (Å²) in [5, 5.41) is 60.1. The van der Waals surface area contributed by atoms with Crippen molar-refractivity contribution in [2.45, 2.75) is 62.4 Å². The predicted molar refractivity (Wildman–Crippen MR) is 113 cm³/mol. The van der Waals surface area contributed by atoms with Gasteiger partial charge in [-0.1, -0.05) is 0 Å². The fourth-order valence-corrected chi connectivity index (χ4v) is 2.94. The Bertz CT molecular complexity index is 664. The van der Waals surface area contributed by atoms with Gasteiger partial charge in [0.1, 0.15) is 24.9 Å². The number of hydrogen-bond acceptors (Lipinski definition) is 12. The van der Waals surface area contributed by atoms with Gasteiger partial charge >= 0.3 is 17.9 Å². The van der Waals surface area contributed by atoms with Crippen LogP contribution in [0.3, 0.4) is 0 Å². The third-order valence-corrected chi connectivity index (χ3v) is 4.94. The SMILES string of the molecule is CC(=O)N[C@H]1C([C@H](O)[C@H](O)COC(=O)CCC(=O)O)OC(O)(C(=O)O)C[C@@H]1O.CSCCN. The lowest BCUT2D eigenvalue weighted by atomic mass is 9.88. The summed E-state index contributed by atoms with van der Waals surface area (Å²) < 4.78 is 9.55. The number of aliphatic hydroxyl groups excluding tert-OH is 3. The van der Waals surface area contributed by atoms with Crippen molar-refractivity contribution in [3.63, 3.8) is 0 Å². The van der Waals surface area contributed by atoms with Crippen LogP contribution in [0.4, 0.5) is 0 Å². The first-order valence-electron chi connectivity index (χ1n) is 9.80. The van der Waals surface area contributed by atoms with E-state index in [2.05, 4.69) is 10.1 Å². The Morgan fingerprint density at radius 2 is 1.85 bits per heavy atom. The van der Waals surface area contributed by atoms with Gasteiger partial charge in [0.25, 0.3) is 5.79 Å². The van der Waals surface area contributed by atoms with Crippen LogP contribution in [0.5, 0.6) is 0 Å². The molecule has 1 rings (SSSR count). The Labute approximate surface area is 194 Å². The zero-order valence-corrected chi connectivity index (χ0v) is 19.1. The number of hydrogen-bond donors (Lipinski definition) is 8. The topological polar surface area (TPSA) is 246 Å². The number of aliphatic hydroxyl groups is 4. The lowest BCUT2D eigenvalue weighted by Gasteiger charge is -2.44. The zero-order chi connectivity index (χ0) is 25.8. The molecular weight excluding hydrogens is 468 g/mol. The van der Waals surface area contributed by atoms with Crippen LogP contribution < -0.4 is 11.1 Å². The molecule has 15 heteroatoms. The predicted octanol–water partition coefficient (Wildman–Crippen LogP) is -3.15. The summed E-state index contributed by atoms with van der Waals surface area (Å²) in [7, 11) is 0. The molecule has 1 aliphatic rings. The van der Waals surface area contributed by atoms with Crippen LogP contribution >= 0.6 is 11.8 Å². The summed E-state index contributed by atoms with van der Waals surface area (Å²) in [6.07, 6.45) is -7.05. The highest BCUT2D eigenvalue weighted by molar-refractivity contribution is 7.98. The van der Waals surface area contributed by atoms with Crippen LogP contribution in [0.1, 0.15) is 26.2 Å². The fourth-order valence-electron chi connectivity index (χ4n) is 2.70. The Morgan fingerprint density at radius 1 is 1.24 bits per heavy atom. The van der Waals surface area contributed by atoms with E-state index < -0.39 is 85.9 Å². The van der Waals surface area contributed by atoms with Crippen LogP contribution in [0.15, 0.2) is 0 Å². The first-order chi connectivity index (χ1) is 15.3. The average Bonchev–Trinajstić information content (AvgIpc) is 2.72. The molecule has 0 saturated carbocycles. The van der Waals surface area contributed by atoms with Crippen molar-refractivity contribution >= 4 is 35.6 Å². The molecule has 0 radical (unpaired) electrons. The molecule has 9 N–H and O–H groups in total. The number of rotatable bonds is 11. The fraction of sp³-hybridized carbons (Fsp3) is 0.778. The van der Waals surface area contributed by atoms with Crippen LogP contribution in [-0.2, 0) is 28.7 Å². The summed E-state index contributed by atoms with van der Waals surface area (Å²) >= 11 is 1.78. The molecule has 192 valence electrons. The number of nitrogens with one attached hydrogen (secondary N) is 1. The molecule has 0 aliphatic carbocycles. The first-order valence-corrected chi connectivity index (χ1v) is 11.2. The van der Waals surface area contributed by atoms with Gasteiger partial charge < -0.3 is 51.2 Å². The minimum atomic E-state index is -2.89. The molecule has 1 amide bonds. The quantitative estimate of drug-likeness (QED) is 0.131. The van der Waals surface area contributed by atoms with Crippen LogP contribution in [0.2, 0.25) is 0 Å². The molecule has 14 nitrogen and oxygen atoms in total. The molecule has 0 aromatic carbocycles. The van der Waals surface area contributed by atoms with E-state index in [1.54, 1.807) is 11.8 Å². The minimum Gasteiger partial charge on any atom is -0.481 e. The molecule has 33 heavy (non-hydrogen) atoms. The summed E-state index contributed by atoms with van der Waals surface area (Å²) in [6.45, 7) is 1.07. The standard InChI is InChI=1S/C15H23NO12.C3H9NS/c1-6(17)16-11-7(18)4-15(26,14(24)25)28-13(11)12(23)8(19)5-27-10(22)3-2-9(20)21;1-5-3-2-4/h7-8,11-13,18-19,23,26H,2-5H2,1H3,(H,16,17)(H,20,21)(H,24,25);2-4H2,1H3/t7-,8+,11+,12+,13?,15?;/m0./s1. The van der Waals surface area contributed by atoms with Gasteiger partial charge in [-0.05, 0) is 6.26 Å². The van der Waals surface area contributed by atoms with E-state index in [1.165, 1.54) is 0 Å². The van der Waals surface area contributed by atoms with Crippen molar-refractivity contribution in [1.82, 2.24) is 5.32 Å². The maximum Gasteiger partial charge on any atom is 0.364 e. The molecule has 1 fully saturated rings. The summed E-state index contributed by atoms with van der Waals surface area (Å²) in [5.41, 5.74) is 5.12. The summed E-state index contributed by atoms with van der Waals surface area (Å²) in [4.78, 5) is 44.3. The van der Waals surface area contributed by atoms with Gasteiger partial charge in [0.2, 0.25) is 5.91 Å². The Morgan fingerprint density at radius 3 is 2.27 bits per heavy atom. The van der Waals surface area contributed by atoms with Crippen molar-refractivity contribution < 1.29 is 59.3 Å². The number of carbonyl (C=O) groups excluding carboxylic acids is 2. The van der Waals surface area contributed by atoms with Crippen molar-refractivity contribution in [2.24, 2.45) is 5.73 Å². The summed E-state index contributed by atoms with van der Waals surface area (Å²) in [5.74, 6) is -6.55. The normalized spacial score (nSPS) is 26.2. The molecule has 0 bridgehead atoms. The minimum absolute atomic E-state index is 0.482. The maximum atomic E-state index is 11.4. The van der Waals surface area contributed by atoms with Crippen molar-refractivity contribution in [1.29, 1.82) is 0 Å². The number of amides is 1. The Balaban J connectivity index is 0.00000184. The molecule has 6 atom stereocenters. The Hall–Kier alpha value is -2.01. The number of ether oxygens (including phenoxy) is 2. The van der Waals surface area contributed by atoms with E-state index in [-0.39, 0.29) is 0 Å². The van der Waals surface area contributed by atoms with Crippen LogP contribution in [0.25, 0.3) is 0 Å². The second-order valence-corrected chi connectivity index (χ2v) is 8.07. The largest absolute Gasteiger partial charge is 0.481 e. The van der Waals surface area contributed by atoms with E-state index in [0.717, 1.165) is 19.2 Å². The monoisotopic (exact) mass is 500 g/mol. The number of esters is 1. The molecule has 0 aromatic heterocycles. The van der Waals surface area contributed by atoms with Gasteiger partial charge in [0.05, 0.1) is 25.0 Å². The number of carbonyl (C=O) groups is 4. The zero-order valence-electron chi connectivity index (χ0n) is 18.2. The van der Waals surface area contributed by atoms with Crippen LogP contribution in [-0.4, -0.2) is 116 Å². The number of carboxylic acid groups (broad SMARTS) is 2. The van der Waals surface area contributed by atoms with Gasteiger partial charge in [-0.25, -0.2) is 4.79 Å².